The summed E-state index contributed by atoms with van der Waals surface area (Å²) in [7, 11) is 1.82. The van der Waals surface area contributed by atoms with Crippen LogP contribution < -0.4 is 5.32 Å². The fourth-order valence-corrected chi connectivity index (χ4v) is 1.82. The molecule has 15 heavy (non-hydrogen) atoms. The minimum Gasteiger partial charge on any atom is -0.440 e. The molecule has 78 valence electrons. The van der Waals surface area contributed by atoms with Gasteiger partial charge in [0.2, 0.25) is 0 Å². The molecule has 2 rings (SSSR count). The van der Waals surface area contributed by atoms with Gasteiger partial charge in [-0.25, -0.2) is 15.0 Å². The average molecular weight is 222 g/mol. The molecule has 0 fully saturated rings. The summed E-state index contributed by atoms with van der Waals surface area (Å²) < 4.78 is 5.12. The molecule has 0 aliphatic heterocycles. The first-order valence-corrected chi connectivity index (χ1v) is 5.20. The second kappa shape index (κ2) is 4.31. The van der Waals surface area contributed by atoms with E-state index in [1.807, 2.05) is 20.0 Å². The molecule has 0 aliphatic rings. The van der Waals surface area contributed by atoms with Gasteiger partial charge in [-0.05, 0) is 18.7 Å². The van der Waals surface area contributed by atoms with Gasteiger partial charge in [-0.1, -0.05) is 0 Å². The summed E-state index contributed by atoms with van der Waals surface area (Å²) >= 11 is 1.37. The minimum atomic E-state index is 0.579. The maximum atomic E-state index is 5.12. The minimum absolute atomic E-state index is 0.579. The predicted molar refractivity (Wildman–Crippen MR) is 56.9 cm³/mol. The molecule has 0 saturated carbocycles. The zero-order valence-corrected chi connectivity index (χ0v) is 9.21. The quantitative estimate of drug-likeness (QED) is 0.801. The van der Waals surface area contributed by atoms with Crippen LogP contribution in [0.4, 0.5) is 5.82 Å². The second-order valence-corrected chi connectivity index (χ2v) is 3.76. The third kappa shape index (κ3) is 2.47. The van der Waals surface area contributed by atoms with Gasteiger partial charge >= 0.3 is 0 Å². The summed E-state index contributed by atoms with van der Waals surface area (Å²) in [5.41, 5.74) is 0. The SMILES string of the molecule is CNc1cc(Sc2ncco2)nc(C)n1. The van der Waals surface area contributed by atoms with E-state index in [2.05, 4.69) is 20.3 Å². The van der Waals surface area contributed by atoms with Crippen LogP contribution in [0.15, 0.2) is 33.2 Å². The molecule has 2 aromatic rings. The van der Waals surface area contributed by atoms with Crippen LogP contribution in [-0.2, 0) is 0 Å². The maximum Gasteiger partial charge on any atom is 0.261 e. The van der Waals surface area contributed by atoms with Crippen molar-refractivity contribution in [2.75, 3.05) is 12.4 Å². The van der Waals surface area contributed by atoms with Gasteiger partial charge in [0, 0.05) is 13.1 Å². The van der Waals surface area contributed by atoms with Crippen LogP contribution in [-0.4, -0.2) is 22.0 Å². The number of aryl methyl sites for hydroxylation is 1. The molecule has 0 saturated heterocycles. The molecule has 0 amide bonds. The lowest BCUT2D eigenvalue weighted by Gasteiger charge is -2.02. The van der Waals surface area contributed by atoms with E-state index in [1.165, 1.54) is 18.0 Å². The van der Waals surface area contributed by atoms with E-state index in [0.29, 0.717) is 5.22 Å². The third-order valence-electron chi connectivity index (χ3n) is 1.67. The molecule has 0 unspecified atom stereocenters. The number of hydrogen-bond acceptors (Lipinski definition) is 6. The number of nitrogens with zero attached hydrogens (tertiary/aromatic N) is 3. The maximum absolute atomic E-state index is 5.12. The summed E-state index contributed by atoms with van der Waals surface area (Å²) in [6.07, 6.45) is 3.14. The molecular formula is C9H10N4OS. The highest BCUT2D eigenvalue weighted by molar-refractivity contribution is 7.99. The van der Waals surface area contributed by atoms with Gasteiger partial charge in [0.1, 0.15) is 22.9 Å². The van der Waals surface area contributed by atoms with Crippen molar-refractivity contribution in [3.63, 3.8) is 0 Å². The monoisotopic (exact) mass is 222 g/mol. The lowest BCUT2D eigenvalue weighted by molar-refractivity contribution is 0.454. The largest absolute Gasteiger partial charge is 0.440 e. The summed E-state index contributed by atoms with van der Waals surface area (Å²) in [5.74, 6) is 1.51. The molecule has 0 bridgehead atoms. The highest BCUT2D eigenvalue weighted by Crippen LogP contribution is 2.25. The molecule has 0 aliphatic carbocycles. The van der Waals surface area contributed by atoms with Crippen LogP contribution in [0.1, 0.15) is 5.82 Å². The van der Waals surface area contributed by atoms with E-state index in [4.69, 9.17) is 4.42 Å². The van der Waals surface area contributed by atoms with Crippen molar-refractivity contribution in [3.05, 3.63) is 24.4 Å². The summed E-state index contributed by atoms with van der Waals surface area (Å²) in [5, 5.41) is 4.37. The van der Waals surface area contributed by atoms with Crippen LogP contribution in [0.5, 0.6) is 0 Å². The van der Waals surface area contributed by atoms with Crippen LogP contribution in [0, 0.1) is 6.92 Å². The van der Waals surface area contributed by atoms with Crippen LogP contribution in [0.3, 0.4) is 0 Å². The smallest absolute Gasteiger partial charge is 0.261 e. The first kappa shape index (κ1) is 9.97. The fourth-order valence-electron chi connectivity index (χ4n) is 1.07. The Kier molecular flexibility index (Phi) is 2.86. The molecule has 0 spiro atoms. The van der Waals surface area contributed by atoms with Gasteiger partial charge < -0.3 is 9.73 Å². The van der Waals surface area contributed by atoms with Gasteiger partial charge in [0.25, 0.3) is 5.22 Å². The number of aromatic nitrogens is 3. The van der Waals surface area contributed by atoms with E-state index in [-0.39, 0.29) is 0 Å². The van der Waals surface area contributed by atoms with Crippen LogP contribution >= 0.6 is 11.8 Å². The Bertz CT molecular complexity index is 443. The van der Waals surface area contributed by atoms with E-state index in [1.54, 1.807) is 6.20 Å². The fraction of sp³-hybridized carbons (Fsp3) is 0.222. The molecule has 1 N–H and O–H groups in total. The van der Waals surface area contributed by atoms with Gasteiger partial charge in [0.15, 0.2) is 0 Å². The first-order valence-electron chi connectivity index (χ1n) is 4.38. The highest BCUT2D eigenvalue weighted by Gasteiger charge is 2.05. The zero-order chi connectivity index (χ0) is 10.7. The second-order valence-electron chi connectivity index (χ2n) is 2.79. The van der Waals surface area contributed by atoms with Crippen molar-refractivity contribution in [1.29, 1.82) is 0 Å². The zero-order valence-electron chi connectivity index (χ0n) is 8.39. The third-order valence-corrected chi connectivity index (χ3v) is 2.47. The Hall–Kier alpha value is -1.56. The average Bonchev–Trinajstić information content (AvgIpc) is 2.69. The summed E-state index contributed by atoms with van der Waals surface area (Å²) in [4.78, 5) is 12.5. The van der Waals surface area contributed by atoms with E-state index in [0.717, 1.165) is 16.7 Å². The highest BCUT2D eigenvalue weighted by atomic mass is 32.2. The Balaban J connectivity index is 2.24. The summed E-state index contributed by atoms with van der Waals surface area (Å²) in [6.45, 7) is 1.85. The number of oxazole rings is 1. The van der Waals surface area contributed by atoms with Crippen molar-refractivity contribution < 1.29 is 4.42 Å². The first-order chi connectivity index (χ1) is 7.28. The van der Waals surface area contributed by atoms with Crippen LogP contribution in [0.2, 0.25) is 0 Å². The van der Waals surface area contributed by atoms with Gasteiger partial charge in [-0.15, -0.1) is 0 Å². The van der Waals surface area contributed by atoms with Crippen molar-refractivity contribution in [2.45, 2.75) is 17.2 Å². The molecule has 5 nitrogen and oxygen atoms in total. The standard InChI is InChI=1S/C9H10N4OS/c1-6-12-7(10-2)5-8(13-6)15-9-11-3-4-14-9/h3-5H,1-2H3,(H,10,12,13). The van der Waals surface area contributed by atoms with Crippen molar-refractivity contribution in [2.24, 2.45) is 0 Å². The van der Waals surface area contributed by atoms with E-state index >= 15 is 0 Å². The molecule has 2 heterocycles. The van der Waals surface area contributed by atoms with Gasteiger partial charge in [-0.2, -0.15) is 0 Å². The van der Waals surface area contributed by atoms with Gasteiger partial charge in [0.05, 0.1) is 6.20 Å². The summed E-state index contributed by atoms with van der Waals surface area (Å²) in [6, 6.07) is 1.85. The molecule has 6 heteroatoms. The van der Waals surface area contributed by atoms with Crippen molar-refractivity contribution >= 4 is 17.6 Å². The normalized spacial score (nSPS) is 10.3. The van der Waals surface area contributed by atoms with Crippen LogP contribution in [0.25, 0.3) is 0 Å². The van der Waals surface area contributed by atoms with E-state index in [9.17, 15) is 0 Å². The Morgan fingerprint density at radius 3 is 2.93 bits per heavy atom. The topological polar surface area (TPSA) is 63.8 Å². The molecule has 0 radical (unpaired) electrons. The Labute approximate surface area is 91.3 Å². The van der Waals surface area contributed by atoms with Crippen molar-refractivity contribution in [3.8, 4) is 0 Å². The molecule has 0 aromatic carbocycles. The predicted octanol–water partition coefficient (Wildman–Crippen LogP) is 1.97. The van der Waals surface area contributed by atoms with E-state index < -0.39 is 0 Å². The Morgan fingerprint density at radius 2 is 2.27 bits per heavy atom. The number of rotatable bonds is 3. The molecular weight excluding hydrogens is 212 g/mol. The molecule has 0 atom stereocenters. The van der Waals surface area contributed by atoms with Gasteiger partial charge in [-0.3, -0.25) is 0 Å². The number of hydrogen-bond donors (Lipinski definition) is 1. The number of nitrogens with one attached hydrogen (secondary N) is 1. The lowest BCUT2D eigenvalue weighted by Crippen LogP contribution is -1.97. The Morgan fingerprint density at radius 1 is 1.40 bits per heavy atom. The lowest BCUT2D eigenvalue weighted by atomic mass is 10.5. The molecule has 2 aromatic heterocycles. The number of anilines is 1. The van der Waals surface area contributed by atoms with Crippen molar-refractivity contribution in [1.82, 2.24) is 15.0 Å².